The van der Waals surface area contributed by atoms with Gasteiger partial charge in [-0.3, -0.25) is 4.79 Å². The van der Waals surface area contributed by atoms with Crippen LogP contribution in [0.4, 0.5) is 0 Å². The Morgan fingerprint density at radius 3 is 2.93 bits per heavy atom. The van der Waals surface area contributed by atoms with E-state index < -0.39 is 0 Å². The third-order valence-electron chi connectivity index (χ3n) is 4.94. The summed E-state index contributed by atoms with van der Waals surface area (Å²) in [5, 5.41) is 4.29. The molecular weight excluding hydrogens is 356 g/mol. The maximum absolute atomic E-state index is 12.7. The number of fused-ring (bicyclic) bond motifs is 1. The van der Waals surface area contributed by atoms with Crippen LogP contribution in [0.2, 0.25) is 0 Å². The second-order valence-electron chi connectivity index (χ2n) is 6.81. The number of aromatic amines is 1. The lowest BCUT2D eigenvalue weighted by molar-refractivity contribution is 0.0951. The number of ether oxygens (including phenoxy) is 1. The number of hydrogen-bond acceptors (Lipinski definition) is 3. The average Bonchev–Trinajstić information content (AvgIpc) is 3.37. The molecule has 0 radical (unpaired) electrons. The number of hydrogen-bond donors (Lipinski definition) is 2. The third-order valence-corrected chi connectivity index (χ3v) is 6.14. The minimum absolute atomic E-state index is 0.00900. The summed E-state index contributed by atoms with van der Waals surface area (Å²) in [6, 6.07) is 16.1. The van der Waals surface area contributed by atoms with E-state index in [0.717, 1.165) is 47.6 Å². The van der Waals surface area contributed by atoms with Crippen LogP contribution < -0.4 is 5.32 Å². The minimum Gasteiger partial charge on any atom is -0.377 e. The van der Waals surface area contributed by atoms with Crippen molar-refractivity contribution in [1.82, 2.24) is 10.3 Å². The molecule has 1 aromatic heterocycles. The van der Waals surface area contributed by atoms with E-state index >= 15 is 0 Å². The summed E-state index contributed by atoms with van der Waals surface area (Å²) in [5.74, 6) is 0.893. The van der Waals surface area contributed by atoms with Crippen LogP contribution >= 0.6 is 11.8 Å². The van der Waals surface area contributed by atoms with Crippen molar-refractivity contribution in [3.63, 3.8) is 0 Å². The second kappa shape index (κ2) is 8.63. The molecule has 1 amide bonds. The van der Waals surface area contributed by atoms with Crippen LogP contribution in [0.1, 0.15) is 28.8 Å². The number of para-hydroxylation sites is 1. The molecule has 0 bridgehead atoms. The standard InChI is InChI=1S/C22H24N2O2S/c25-22(23-12-11-16-14-24-20-9-3-1-7-18(16)20)19-8-2-4-10-21(19)27-15-17-6-5-13-26-17/h1-4,7-10,14,17,24H,5-6,11-13,15H2,(H,23,25)/t17-/m1/s1. The van der Waals surface area contributed by atoms with Gasteiger partial charge in [-0.25, -0.2) is 0 Å². The molecule has 2 N–H and O–H groups in total. The zero-order valence-electron chi connectivity index (χ0n) is 15.2. The molecule has 0 saturated carbocycles. The normalized spacial score (nSPS) is 16.7. The summed E-state index contributed by atoms with van der Waals surface area (Å²) in [5.41, 5.74) is 3.11. The summed E-state index contributed by atoms with van der Waals surface area (Å²) in [6.07, 6.45) is 5.41. The Labute approximate surface area is 163 Å². The molecule has 3 aromatic rings. The molecule has 1 atom stereocenters. The monoisotopic (exact) mass is 380 g/mol. The maximum Gasteiger partial charge on any atom is 0.252 e. The molecule has 4 rings (SSSR count). The maximum atomic E-state index is 12.7. The fourth-order valence-corrected chi connectivity index (χ4v) is 4.60. The van der Waals surface area contributed by atoms with E-state index in [4.69, 9.17) is 4.74 Å². The molecule has 4 nitrogen and oxygen atoms in total. The predicted octanol–water partition coefficient (Wildman–Crippen LogP) is 4.41. The highest BCUT2D eigenvalue weighted by molar-refractivity contribution is 7.99. The van der Waals surface area contributed by atoms with Gasteiger partial charge in [-0.2, -0.15) is 0 Å². The first-order chi connectivity index (χ1) is 13.3. The fraction of sp³-hybridized carbons (Fsp3) is 0.318. The molecule has 1 fully saturated rings. The smallest absolute Gasteiger partial charge is 0.252 e. The molecule has 1 aliphatic rings. The van der Waals surface area contributed by atoms with E-state index in [1.54, 1.807) is 11.8 Å². The number of amides is 1. The summed E-state index contributed by atoms with van der Waals surface area (Å²) in [7, 11) is 0. The molecule has 0 aliphatic carbocycles. The predicted molar refractivity (Wildman–Crippen MR) is 110 cm³/mol. The summed E-state index contributed by atoms with van der Waals surface area (Å²) >= 11 is 1.71. The first-order valence-corrected chi connectivity index (χ1v) is 10.5. The van der Waals surface area contributed by atoms with E-state index in [1.807, 2.05) is 42.6 Å². The number of aromatic nitrogens is 1. The largest absolute Gasteiger partial charge is 0.377 e. The highest BCUT2D eigenvalue weighted by atomic mass is 32.2. The molecule has 2 heterocycles. The van der Waals surface area contributed by atoms with E-state index in [2.05, 4.69) is 22.4 Å². The molecule has 2 aromatic carbocycles. The molecule has 5 heteroatoms. The lowest BCUT2D eigenvalue weighted by Crippen LogP contribution is -2.26. The van der Waals surface area contributed by atoms with Gasteiger partial charge in [-0.1, -0.05) is 30.3 Å². The van der Waals surface area contributed by atoms with Crippen LogP contribution in [0.5, 0.6) is 0 Å². The van der Waals surface area contributed by atoms with Gasteiger partial charge in [-0.15, -0.1) is 11.8 Å². The van der Waals surface area contributed by atoms with Crippen molar-refractivity contribution in [2.75, 3.05) is 18.9 Å². The van der Waals surface area contributed by atoms with Gasteiger partial charge in [0, 0.05) is 40.9 Å². The Kier molecular flexibility index (Phi) is 5.80. The van der Waals surface area contributed by atoms with Crippen molar-refractivity contribution in [2.24, 2.45) is 0 Å². The minimum atomic E-state index is -0.00900. The van der Waals surface area contributed by atoms with Gasteiger partial charge in [0.1, 0.15) is 0 Å². The van der Waals surface area contributed by atoms with Crippen LogP contribution in [0, 0.1) is 0 Å². The van der Waals surface area contributed by atoms with Gasteiger partial charge in [0.25, 0.3) is 5.91 Å². The topological polar surface area (TPSA) is 54.1 Å². The van der Waals surface area contributed by atoms with Gasteiger partial charge < -0.3 is 15.0 Å². The number of carbonyl (C=O) groups is 1. The van der Waals surface area contributed by atoms with Crippen LogP contribution in [0.15, 0.2) is 59.6 Å². The van der Waals surface area contributed by atoms with E-state index in [1.165, 1.54) is 10.9 Å². The Balaban J connectivity index is 1.35. The van der Waals surface area contributed by atoms with Crippen molar-refractivity contribution in [1.29, 1.82) is 0 Å². The van der Waals surface area contributed by atoms with Gasteiger partial charge in [0.05, 0.1) is 11.7 Å². The molecular formula is C22H24N2O2S. The fourth-order valence-electron chi connectivity index (χ4n) is 3.48. The lowest BCUT2D eigenvalue weighted by atomic mass is 10.1. The lowest BCUT2D eigenvalue weighted by Gasteiger charge is -2.12. The third kappa shape index (κ3) is 4.37. The van der Waals surface area contributed by atoms with Crippen molar-refractivity contribution in [3.05, 3.63) is 65.9 Å². The number of rotatable bonds is 7. The summed E-state index contributed by atoms with van der Waals surface area (Å²) in [4.78, 5) is 17.0. The van der Waals surface area contributed by atoms with Crippen LogP contribution in [-0.2, 0) is 11.2 Å². The number of benzene rings is 2. The number of nitrogens with one attached hydrogen (secondary N) is 2. The van der Waals surface area contributed by atoms with Crippen molar-refractivity contribution < 1.29 is 9.53 Å². The first-order valence-electron chi connectivity index (χ1n) is 9.48. The number of carbonyl (C=O) groups excluding carboxylic acids is 1. The quantitative estimate of drug-likeness (QED) is 0.597. The molecule has 1 saturated heterocycles. The molecule has 0 spiro atoms. The van der Waals surface area contributed by atoms with Crippen molar-refractivity contribution >= 4 is 28.6 Å². The highest BCUT2D eigenvalue weighted by Crippen LogP contribution is 2.26. The molecule has 1 aliphatic heterocycles. The van der Waals surface area contributed by atoms with E-state index in [9.17, 15) is 4.79 Å². The zero-order valence-corrected chi connectivity index (χ0v) is 16.1. The summed E-state index contributed by atoms with van der Waals surface area (Å²) in [6.45, 7) is 1.48. The van der Waals surface area contributed by atoms with Gasteiger partial charge in [-0.05, 0) is 43.0 Å². The van der Waals surface area contributed by atoms with Gasteiger partial charge >= 0.3 is 0 Å². The Morgan fingerprint density at radius 2 is 2.04 bits per heavy atom. The van der Waals surface area contributed by atoms with Gasteiger partial charge in [0.15, 0.2) is 0 Å². The summed E-state index contributed by atoms with van der Waals surface area (Å²) < 4.78 is 5.69. The SMILES string of the molecule is O=C(NCCc1c[nH]c2ccccc12)c1ccccc1SC[C@H]1CCCO1. The zero-order chi connectivity index (χ0) is 18.5. The Hall–Kier alpha value is -2.24. The first kappa shape index (κ1) is 18.1. The molecule has 140 valence electrons. The number of H-pyrrole nitrogens is 1. The molecule has 27 heavy (non-hydrogen) atoms. The Morgan fingerprint density at radius 1 is 1.19 bits per heavy atom. The van der Waals surface area contributed by atoms with Crippen LogP contribution in [0.3, 0.4) is 0 Å². The molecule has 0 unspecified atom stereocenters. The van der Waals surface area contributed by atoms with Crippen molar-refractivity contribution in [2.45, 2.75) is 30.3 Å². The highest BCUT2D eigenvalue weighted by Gasteiger charge is 2.17. The van der Waals surface area contributed by atoms with Crippen LogP contribution in [0.25, 0.3) is 10.9 Å². The van der Waals surface area contributed by atoms with Crippen molar-refractivity contribution in [3.8, 4) is 0 Å². The second-order valence-corrected chi connectivity index (χ2v) is 7.87. The Bertz CT molecular complexity index is 915. The van der Waals surface area contributed by atoms with E-state index in [0.29, 0.717) is 12.6 Å². The average molecular weight is 381 g/mol. The number of thioether (sulfide) groups is 1. The van der Waals surface area contributed by atoms with E-state index in [-0.39, 0.29) is 5.91 Å². The van der Waals surface area contributed by atoms with Gasteiger partial charge in [0.2, 0.25) is 0 Å². The van der Waals surface area contributed by atoms with Crippen LogP contribution in [-0.4, -0.2) is 35.9 Å².